The Morgan fingerprint density at radius 2 is 1.50 bits per heavy atom. The van der Waals surface area contributed by atoms with Gasteiger partial charge >= 0.3 is 0 Å². The first-order valence-corrected chi connectivity index (χ1v) is 11.7. The highest BCUT2D eigenvalue weighted by Crippen LogP contribution is 2.27. The van der Waals surface area contributed by atoms with Gasteiger partial charge in [0.05, 0.1) is 17.1 Å². The van der Waals surface area contributed by atoms with Gasteiger partial charge in [-0.05, 0) is 35.7 Å². The molecule has 0 aliphatic carbocycles. The fourth-order valence-corrected chi connectivity index (χ4v) is 4.35. The average molecular weight is 446 g/mol. The minimum absolute atomic E-state index is 0.0292. The minimum Gasteiger partial charge on any atom is -0.345 e. The van der Waals surface area contributed by atoms with Crippen molar-refractivity contribution in [3.8, 4) is 11.4 Å². The van der Waals surface area contributed by atoms with Crippen molar-refractivity contribution >= 4 is 16.9 Å². The molecule has 1 aromatic heterocycles. The summed E-state index contributed by atoms with van der Waals surface area (Å²) in [6, 6.07) is 36.4. The summed E-state index contributed by atoms with van der Waals surface area (Å²) in [5.74, 6) is 0.819. The van der Waals surface area contributed by atoms with E-state index in [1.54, 1.807) is 0 Å². The van der Waals surface area contributed by atoms with Crippen LogP contribution in [0, 0.1) is 0 Å². The zero-order valence-corrected chi connectivity index (χ0v) is 19.2. The van der Waals surface area contributed by atoms with Gasteiger partial charge in [-0.15, -0.1) is 0 Å². The van der Waals surface area contributed by atoms with E-state index in [1.807, 2.05) is 72.8 Å². The highest BCUT2D eigenvalue weighted by atomic mass is 16.1. The number of hydrogen-bond donors (Lipinski definition) is 1. The van der Waals surface area contributed by atoms with E-state index in [0.29, 0.717) is 12.1 Å². The fourth-order valence-electron chi connectivity index (χ4n) is 4.35. The van der Waals surface area contributed by atoms with Gasteiger partial charge in [-0.2, -0.15) is 0 Å². The van der Waals surface area contributed by atoms with E-state index in [9.17, 15) is 4.79 Å². The van der Waals surface area contributed by atoms with Crippen molar-refractivity contribution in [2.24, 2.45) is 0 Å². The molecule has 34 heavy (non-hydrogen) atoms. The molecule has 0 aliphatic rings. The van der Waals surface area contributed by atoms with Crippen molar-refractivity contribution in [2.45, 2.75) is 25.9 Å². The second kappa shape index (κ2) is 9.75. The van der Waals surface area contributed by atoms with E-state index in [-0.39, 0.29) is 11.9 Å². The van der Waals surface area contributed by atoms with E-state index in [4.69, 9.17) is 4.98 Å². The number of fused-ring (bicyclic) bond motifs is 1. The van der Waals surface area contributed by atoms with E-state index in [0.717, 1.165) is 34.4 Å². The quantitative estimate of drug-likeness (QED) is 0.305. The molecule has 4 heteroatoms. The van der Waals surface area contributed by atoms with Gasteiger partial charge in [-0.1, -0.05) is 97.9 Å². The highest BCUT2D eigenvalue weighted by Gasteiger charge is 2.18. The minimum atomic E-state index is -0.0775. The van der Waals surface area contributed by atoms with Crippen molar-refractivity contribution in [1.82, 2.24) is 14.9 Å². The van der Waals surface area contributed by atoms with Crippen LogP contribution in [0.4, 0.5) is 0 Å². The lowest BCUT2D eigenvalue weighted by atomic mass is 10.0. The predicted octanol–water partition coefficient (Wildman–Crippen LogP) is 6.63. The van der Waals surface area contributed by atoms with Crippen LogP contribution in [0.15, 0.2) is 109 Å². The van der Waals surface area contributed by atoms with Gasteiger partial charge < -0.3 is 9.88 Å². The Hall–Kier alpha value is -4.18. The maximum absolute atomic E-state index is 13.2. The van der Waals surface area contributed by atoms with Crippen LogP contribution in [0.3, 0.4) is 0 Å². The first kappa shape index (κ1) is 21.7. The molecule has 0 unspecified atom stereocenters. The Bertz CT molecular complexity index is 1390. The van der Waals surface area contributed by atoms with E-state index >= 15 is 0 Å². The zero-order valence-electron chi connectivity index (χ0n) is 19.2. The number of nitrogens with zero attached hydrogens (tertiary/aromatic N) is 2. The van der Waals surface area contributed by atoms with Crippen LogP contribution in [0.2, 0.25) is 0 Å². The van der Waals surface area contributed by atoms with Crippen molar-refractivity contribution in [1.29, 1.82) is 0 Å². The first-order chi connectivity index (χ1) is 16.7. The average Bonchev–Trinajstić information content (AvgIpc) is 3.26. The largest absolute Gasteiger partial charge is 0.345 e. The van der Waals surface area contributed by atoms with Crippen molar-refractivity contribution in [2.75, 3.05) is 0 Å². The third-order valence-corrected chi connectivity index (χ3v) is 6.14. The number of nitrogens with one attached hydrogen (secondary N) is 1. The number of aromatic nitrogens is 2. The lowest BCUT2D eigenvalue weighted by Gasteiger charge is -2.17. The Morgan fingerprint density at radius 3 is 2.18 bits per heavy atom. The number of carbonyl (C=O) groups excluding carboxylic acids is 1. The molecule has 1 amide bonds. The van der Waals surface area contributed by atoms with Gasteiger partial charge in [-0.3, -0.25) is 4.79 Å². The van der Waals surface area contributed by atoms with Crippen molar-refractivity contribution in [3.05, 3.63) is 126 Å². The molecule has 5 rings (SSSR count). The van der Waals surface area contributed by atoms with Crippen LogP contribution in [0.25, 0.3) is 22.4 Å². The molecule has 4 aromatic carbocycles. The summed E-state index contributed by atoms with van der Waals surface area (Å²) in [6.45, 7) is 2.76. The smallest absolute Gasteiger partial charge is 0.251 e. The van der Waals surface area contributed by atoms with Crippen LogP contribution in [0.1, 0.15) is 40.9 Å². The van der Waals surface area contributed by atoms with Crippen LogP contribution in [0.5, 0.6) is 0 Å². The van der Waals surface area contributed by atoms with Crippen molar-refractivity contribution < 1.29 is 4.79 Å². The second-order valence-electron chi connectivity index (χ2n) is 8.42. The maximum Gasteiger partial charge on any atom is 0.251 e. The summed E-state index contributed by atoms with van der Waals surface area (Å²) in [5.41, 5.74) is 5.81. The molecule has 1 heterocycles. The van der Waals surface area contributed by atoms with E-state index < -0.39 is 0 Å². The number of benzene rings is 4. The van der Waals surface area contributed by atoms with Crippen LogP contribution >= 0.6 is 0 Å². The number of amides is 1. The summed E-state index contributed by atoms with van der Waals surface area (Å²) in [7, 11) is 0. The second-order valence-corrected chi connectivity index (χ2v) is 8.42. The Balaban J connectivity index is 1.54. The Morgan fingerprint density at radius 1 is 0.853 bits per heavy atom. The molecule has 0 bridgehead atoms. The van der Waals surface area contributed by atoms with Gasteiger partial charge in [-0.25, -0.2) is 4.98 Å². The number of hydrogen-bond acceptors (Lipinski definition) is 2. The monoisotopic (exact) mass is 445 g/mol. The Kier molecular flexibility index (Phi) is 6.21. The van der Waals surface area contributed by atoms with Gasteiger partial charge in [0.15, 0.2) is 0 Å². The summed E-state index contributed by atoms with van der Waals surface area (Å²) in [6.07, 6.45) is 0.822. The lowest BCUT2D eigenvalue weighted by molar-refractivity contribution is 0.0935. The molecular formula is C30H27N3O. The van der Waals surface area contributed by atoms with Crippen LogP contribution in [-0.2, 0) is 6.54 Å². The third kappa shape index (κ3) is 4.48. The highest BCUT2D eigenvalue weighted by molar-refractivity contribution is 5.98. The molecule has 0 radical (unpaired) electrons. The molecule has 0 saturated heterocycles. The van der Waals surface area contributed by atoms with E-state index in [1.165, 1.54) is 5.56 Å². The molecule has 0 aliphatic heterocycles. The van der Waals surface area contributed by atoms with E-state index in [2.05, 4.69) is 53.2 Å². The summed E-state index contributed by atoms with van der Waals surface area (Å²) < 4.78 is 2.20. The van der Waals surface area contributed by atoms with Gasteiger partial charge in [0, 0.05) is 17.7 Å². The van der Waals surface area contributed by atoms with Gasteiger partial charge in [0.25, 0.3) is 5.91 Å². The molecule has 0 spiro atoms. The molecule has 1 atom stereocenters. The molecule has 168 valence electrons. The maximum atomic E-state index is 13.2. The standard InChI is InChI=1S/C30H27N3O/c1-2-26(23-14-8-4-9-15-23)32-30(34)25-18-19-27-28(20-25)33(21-22-12-6-3-7-13-22)29(31-27)24-16-10-5-11-17-24/h3-20,26H,2,21H2,1H3,(H,32,34)/t26-/m1/s1. The van der Waals surface area contributed by atoms with Crippen molar-refractivity contribution in [3.63, 3.8) is 0 Å². The molecule has 5 aromatic rings. The summed E-state index contributed by atoms with van der Waals surface area (Å²) >= 11 is 0. The summed E-state index contributed by atoms with van der Waals surface area (Å²) in [5, 5.41) is 3.20. The number of imidazole rings is 1. The van der Waals surface area contributed by atoms with Gasteiger partial charge in [0.1, 0.15) is 5.82 Å². The lowest BCUT2D eigenvalue weighted by Crippen LogP contribution is -2.28. The Labute approximate surface area is 199 Å². The summed E-state index contributed by atoms with van der Waals surface area (Å²) in [4.78, 5) is 18.2. The molecule has 1 N–H and O–H groups in total. The predicted molar refractivity (Wildman–Crippen MR) is 138 cm³/mol. The van der Waals surface area contributed by atoms with Crippen LogP contribution < -0.4 is 5.32 Å². The van der Waals surface area contributed by atoms with Crippen LogP contribution in [-0.4, -0.2) is 15.5 Å². The molecule has 0 fully saturated rings. The molecular weight excluding hydrogens is 418 g/mol. The SMILES string of the molecule is CC[C@@H](NC(=O)c1ccc2nc(-c3ccccc3)n(Cc3ccccc3)c2c1)c1ccccc1. The number of rotatable bonds is 7. The van der Waals surface area contributed by atoms with Gasteiger partial charge in [0.2, 0.25) is 0 Å². The number of carbonyl (C=O) groups is 1. The third-order valence-electron chi connectivity index (χ3n) is 6.14. The fraction of sp³-hybridized carbons (Fsp3) is 0.133. The molecule has 4 nitrogen and oxygen atoms in total. The zero-order chi connectivity index (χ0) is 23.3. The topological polar surface area (TPSA) is 46.9 Å². The molecule has 0 saturated carbocycles. The first-order valence-electron chi connectivity index (χ1n) is 11.7. The normalized spacial score (nSPS) is 11.9.